The lowest BCUT2D eigenvalue weighted by Crippen LogP contribution is -2.47. The summed E-state index contributed by atoms with van der Waals surface area (Å²) < 4.78 is 24.9. The maximum absolute atomic E-state index is 11.2. The zero-order valence-corrected chi connectivity index (χ0v) is 12.1. The van der Waals surface area contributed by atoms with Gasteiger partial charge in [0.2, 0.25) is 10.0 Å². The summed E-state index contributed by atoms with van der Waals surface area (Å²) in [6.07, 6.45) is 2.55. The largest absolute Gasteiger partial charge is 0.480 e. The van der Waals surface area contributed by atoms with Crippen molar-refractivity contribution in [3.63, 3.8) is 0 Å². The molecule has 1 rings (SSSR count). The monoisotopic (exact) mass is 300 g/mol. The quantitative estimate of drug-likeness (QED) is 0.736. The number of piperidine rings is 1. The molecule has 6 nitrogen and oxygen atoms in total. The minimum atomic E-state index is -3.18. The maximum Gasteiger partial charge on any atom is 0.320 e. The van der Waals surface area contributed by atoms with Gasteiger partial charge >= 0.3 is 5.97 Å². The number of nitrogens with zero attached hydrogens (tertiary/aromatic N) is 1. The van der Waals surface area contributed by atoms with Crippen molar-refractivity contribution in [3.8, 4) is 0 Å². The molecule has 0 spiro atoms. The van der Waals surface area contributed by atoms with E-state index in [1.165, 1.54) is 0 Å². The molecule has 0 aromatic heterocycles. The van der Waals surface area contributed by atoms with E-state index in [-0.39, 0.29) is 24.7 Å². The fourth-order valence-electron chi connectivity index (χ4n) is 1.99. The van der Waals surface area contributed by atoms with Gasteiger partial charge in [-0.2, -0.15) is 0 Å². The van der Waals surface area contributed by atoms with Crippen molar-refractivity contribution in [3.05, 3.63) is 0 Å². The summed E-state index contributed by atoms with van der Waals surface area (Å²) in [4.78, 5) is 12.8. The number of hydrogen-bond acceptors (Lipinski definition) is 4. The van der Waals surface area contributed by atoms with E-state index >= 15 is 0 Å². The summed E-state index contributed by atoms with van der Waals surface area (Å²) in [5.74, 6) is -0.766. The third-order valence-corrected chi connectivity index (χ3v) is 4.40. The first-order valence-electron chi connectivity index (χ1n) is 5.90. The van der Waals surface area contributed by atoms with E-state index in [4.69, 9.17) is 5.11 Å². The zero-order valence-electron chi connectivity index (χ0n) is 10.5. The Bertz CT molecular complexity index is 361. The van der Waals surface area contributed by atoms with E-state index in [2.05, 4.69) is 4.72 Å². The Morgan fingerprint density at radius 2 is 2.11 bits per heavy atom. The molecule has 0 saturated carbocycles. The molecular formula is C10H21ClN2O4S. The molecule has 1 aliphatic heterocycles. The van der Waals surface area contributed by atoms with Crippen LogP contribution in [0.15, 0.2) is 0 Å². The van der Waals surface area contributed by atoms with Gasteiger partial charge in [0.25, 0.3) is 0 Å². The van der Waals surface area contributed by atoms with E-state index in [9.17, 15) is 13.2 Å². The molecule has 0 amide bonds. The molecule has 0 aromatic rings. The zero-order chi connectivity index (χ0) is 12.9. The van der Waals surface area contributed by atoms with Crippen molar-refractivity contribution in [2.24, 2.45) is 0 Å². The Hall–Kier alpha value is -0.370. The molecule has 1 aliphatic rings. The van der Waals surface area contributed by atoms with Gasteiger partial charge in [0.1, 0.15) is 6.04 Å². The lowest BCUT2D eigenvalue weighted by Gasteiger charge is -2.32. The van der Waals surface area contributed by atoms with Gasteiger partial charge in [0.05, 0.1) is 5.75 Å². The van der Waals surface area contributed by atoms with Crippen molar-refractivity contribution in [2.45, 2.75) is 32.2 Å². The van der Waals surface area contributed by atoms with Crippen LogP contribution in [0.5, 0.6) is 0 Å². The Labute approximate surface area is 114 Å². The molecule has 1 atom stereocenters. The van der Waals surface area contributed by atoms with Crippen LogP contribution in [0.2, 0.25) is 0 Å². The molecule has 2 N–H and O–H groups in total. The van der Waals surface area contributed by atoms with E-state index < -0.39 is 22.0 Å². The van der Waals surface area contributed by atoms with Crippen molar-refractivity contribution >= 4 is 28.4 Å². The average molecular weight is 301 g/mol. The predicted octanol–water partition coefficient (Wildman–Crippen LogP) is 0.287. The van der Waals surface area contributed by atoms with Crippen LogP contribution in [0, 0.1) is 0 Å². The predicted molar refractivity (Wildman–Crippen MR) is 71.6 cm³/mol. The first kappa shape index (κ1) is 17.6. The number of nitrogens with one attached hydrogen (secondary N) is 1. The fraction of sp³-hybridized carbons (Fsp3) is 0.900. The van der Waals surface area contributed by atoms with Crippen molar-refractivity contribution in [2.75, 3.05) is 25.4 Å². The molecular weight excluding hydrogens is 280 g/mol. The molecule has 1 fully saturated rings. The lowest BCUT2D eigenvalue weighted by molar-refractivity contribution is -0.144. The highest BCUT2D eigenvalue weighted by Gasteiger charge is 2.27. The molecule has 0 aromatic carbocycles. The Morgan fingerprint density at radius 3 is 2.67 bits per heavy atom. The molecule has 0 aliphatic carbocycles. The second kappa shape index (κ2) is 7.93. The highest BCUT2D eigenvalue weighted by atomic mass is 35.5. The van der Waals surface area contributed by atoms with Gasteiger partial charge in [0.15, 0.2) is 0 Å². The number of likely N-dealkylation sites (tertiary alicyclic amines) is 1. The van der Waals surface area contributed by atoms with Crippen LogP contribution in [-0.4, -0.2) is 55.8 Å². The fourth-order valence-corrected chi connectivity index (χ4v) is 2.59. The normalized spacial score (nSPS) is 21.3. The third-order valence-electron chi connectivity index (χ3n) is 3.00. The maximum atomic E-state index is 11.2. The Kier molecular flexibility index (Phi) is 7.77. The molecule has 108 valence electrons. The molecule has 1 unspecified atom stereocenters. The number of hydrogen-bond donors (Lipinski definition) is 2. The van der Waals surface area contributed by atoms with Crippen LogP contribution < -0.4 is 4.72 Å². The van der Waals surface area contributed by atoms with Crippen LogP contribution in [0.25, 0.3) is 0 Å². The van der Waals surface area contributed by atoms with E-state index in [1.54, 1.807) is 6.92 Å². The SMILES string of the molecule is CCS(=O)(=O)NCCN1CCCCC1C(=O)O.Cl. The van der Waals surface area contributed by atoms with Gasteiger partial charge in [-0.05, 0) is 26.3 Å². The van der Waals surface area contributed by atoms with Gasteiger partial charge in [-0.15, -0.1) is 12.4 Å². The van der Waals surface area contributed by atoms with E-state index in [1.807, 2.05) is 4.90 Å². The molecule has 8 heteroatoms. The summed E-state index contributed by atoms with van der Waals surface area (Å²) in [5.41, 5.74) is 0. The summed E-state index contributed by atoms with van der Waals surface area (Å²) >= 11 is 0. The highest BCUT2D eigenvalue weighted by molar-refractivity contribution is 7.89. The second-order valence-corrected chi connectivity index (χ2v) is 6.28. The van der Waals surface area contributed by atoms with Gasteiger partial charge in [0, 0.05) is 13.1 Å². The lowest BCUT2D eigenvalue weighted by atomic mass is 10.0. The average Bonchev–Trinajstić information content (AvgIpc) is 2.29. The molecule has 0 bridgehead atoms. The van der Waals surface area contributed by atoms with Crippen molar-refractivity contribution in [1.82, 2.24) is 9.62 Å². The topological polar surface area (TPSA) is 86.7 Å². The highest BCUT2D eigenvalue weighted by Crippen LogP contribution is 2.16. The van der Waals surface area contributed by atoms with Crippen molar-refractivity contribution in [1.29, 1.82) is 0 Å². The van der Waals surface area contributed by atoms with Crippen LogP contribution in [0.3, 0.4) is 0 Å². The summed E-state index contributed by atoms with van der Waals surface area (Å²) in [5, 5.41) is 9.03. The summed E-state index contributed by atoms with van der Waals surface area (Å²) in [7, 11) is -3.18. The minimum absolute atomic E-state index is 0. The molecule has 1 heterocycles. The molecule has 18 heavy (non-hydrogen) atoms. The number of carboxylic acids is 1. The Balaban J connectivity index is 0.00000289. The van der Waals surface area contributed by atoms with Gasteiger partial charge < -0.3 is 5.11 Å². The number of rotatable bonds is 6. The number of carboxylic acid groups (broad SMARTS) is 1. The van der Waals surface area contributed by atoms with Gasteiger partial charge in [-0.1, -0.05) is 6.42 Å². The van der Waals surface area contributed by atoms with Gasteiger partial charge in [-0.3, -0.25) is 9.69 Å². The standard InChI is InChI=1S/C10H20N2O4S.ClH/c1-2-17(15,16)11-6-8-12-7-4-3-5-9(12)10(13)14;/h9,11H,2-8H2,1H3,(H,13,14);1H. The van der Waals surface area contributed by atoms with E-state index in [0.29, 0.717) is 13.0 Å². The van der Waals surface area contributed by atoms with Crippen molar-refractivity contribution < 1.29 is 18.3 Å². The third kappa shape index (κ3) is 5.51. The molecule has 0 radical (unpaired) electrons. The number of aliphatic carboxylic acids is 1. The molecule has 1 saturated heterocycles. The van der Waals surface area contributed by atoms with E-state index in [0.717, 1.165) is 19.4 Å². The Morgan fingerprint density at radius 1 is 1.44 bits per heavy atom. The number of sulfonamides is 1. The smallest absolute Gasteiger partial charge is 0.320 e. The first-order valence-corrected chi connectivity index (χ1v) is 7.55. The summed E-state index contributed by atoms with van der Waals surface area (Å²) in [6.45, 7) is 3.03. The summed E-state index contributed by atoms with van der Waals surface area (Å²) in [6, 6.07) is -0.463. The number of halogens is 1. The first-order chi connectivity index (χ1) is 7.96. The van der Waals surface area contributed by atoms with Gasteiger partial charge in [-0.25, -0.2) is 13.1 Å². The van der Waals surface area contributed by atoms with Crippen LogP contribution in [0.4, 0.5) is 0 Å². The minimum Gasteiger partial charge on any atom is -0.480 e. The van der Waals surface area contributed by atoms with Crippen LogP contribution in [-0.2, 0) is 14.8 Å². The van der Waals surface area contributed by atoms with Crippen LogP contribution >= 0.6 is 12.4 Å². The second-order valence-electron chi connectivity index (χ2n) is 4.18. The number of carbonyl (C=O) groups is 1. The van der Waals surface area contributed by atoms with Crippen LogP contribution in [0.1, 0.15) is 26.2 Å².